The predicted molar refractivity (Wildman–Crippen MR) is 87.2 cm³/mol. The Morgan fingerprint density at radius 2 is 1.86 bits per heavy atom. The van der Waals surface area contributed by atoms with E-state index in [-0.39, 0.29) is 0 Å². The molecule has 21 heavy (non-hydrogen) atoms. The van der Waals surface area contributed by atoms with Crippen LogP contribution in [0.4, 0.5) is 0 Å². The van der Waals surface area contributed by atoms with E-state index in [1.54, 1.807) is 0 Å². The molecule has 0 spiro atoms. The fourth-order valence-electron chi connectivity index (χ4n) is 2.51. The summed E-state index contributed by atoms with van der Waals surface area (Å²) in [7, 11) is 0. The van der Waals surface area contributed by atoms with Crippen molar-refractivity contribution in [3.05, 3.63) is 40.0 Å². The van der Waals surface area contributed by atoms with Gasteiger partial charge < -0.3 is 0 Å². The number of benzene rings is 1. The van der Waals surface area contributed by atoms with E-state index in [1.807, 2.05) is 36.9 Å². The maximum atomic E-state index is 11.4. The zero-order valence-electron chi connectivity index (χ0n) is 13.0. The predicted octanol–water partition coefficient (Wildman–Crippen LogP) is 4.99. The number of hydrogen-bond acceptors (Lipinski definition) is 2. The van der Waals surface area contributed by atoms with Gasteiger partial charge in [0.25, 0.3) is 0 Å². The van der Waals surface area contributed by atoms with Crippen molar-refractivity contribution in [2.75, 3.05) is 0 Å². The highest BCUT2D eigenvalue weighted by atomic mass is 35.5. The van der Waals surface area contributed by atoms with Crippen LogP contribution in [0, 0.1) is 13.8 Å². The quantitative estimate of drug-likeness (QED) is 0.729. The molecule has 1 aromatic heterocycles. The molecule has 1 heterocycles. The first-order chi connectivity index (χ1) is 10.0. The normalized spacial score (nSPS) is 11.1. The summed E-state index contributed by atoms with van der Waals surface area (Å²) in [6, 6.07) is 4.24. The van der Waals surface area contributed by atoms with Crippen LogP contribution in [-0.2, 0) is 0 Å². The molecule has 4 heteroatoms. The highest BCUT2D eigenvalue weighted by Crippen LogP contribution is 2.32. The molecule has 0 aliphatic carbocycles. The van der Waals surface area contributed by atoms with Gasteiger partial charge in [-0.2, -0.15) is 5.10 Å². The Balaban J connectivity index is 2.58. The van der Waals surface area contributed by atoms with Crippen LogP contribution in [0.15, 0.2) is 18.3 Å². The van der Waals surface area contributed by atoms with Crippen LogP contribution in [0.3, 0.4) is 0 Å². The second-order valence-electron chi connectivity index (χ2n) is 5.42. The first kappa shape index (κ1) is 15.8. The molecule has 2 aromatic rings. The van der Waals surface area contributed by atoms with Gasteiger partial charge in [-0.05, 0) is 49.9 Å². The number of carbonyl (C=O) groups is 1. The van der Waals surface area contributed by atoms with E-state index in [2.05, 4.69) is 18.9 Å². The van der Waals surface area contributed by atoms with Crippen molar-refractivity contribution < 1.29 is 4.79 Å². The Morgan fingerprint density at radius 3 is 2.43 bits per heavy atom. The molecule has 2 rings (SSSR count). The Morgan fingerprint density at radius 1 is 1.24 bits per heavy atom. The molecule has 0 N–H and O–H groups in total. The summed E-state index contributed by atoms with van der Waals surface area (Å²) >= 11 is 6.36. The number of aldehydes is 1. The monoisotopic (exact) mass is 304 g/mol. The van der Waals surface area contributed by atoms with Gasteiger partial charge in [-0.25, -0.2) is 0 Å². The largest absolute Gasteiger partial charge is 0.298 e. The Hall–Kier alpha value is -1.61. The van der Waals surface area contributed by atoms with Gasteiger partial charge in [-0.3, -0.25) is 9.48 Å². The molecule has 0 amide bonds. The van der Waals surface area contributed by atoms with Gasteiger partial charge >= 0.3 is 0 Å². The van der Waals surface area contributed by atoms with Crippen LogP contribution in [0.2, 0.25) is 5.02 Å². The zero-order valence-corrected chi connectivity index (χ0v) is 13.7. The lowest BCUT2D eigenvalue weighted by molar-refractivity contribution is 0.112. The second kappa shape index (κ2) is 6.44. The molecule has 0 bridgehead atoms. The highest BCUT2D eigenvalue weighted by molar-refractivity contribution is 6.33. The van der Waals surface area contributed by atoms with Crippen molar-refractivity contribution in [1.29, 1.82) is 0 Å². The van der Waals surface area contributed by atoms with Gasteiger partial charge in [0.1, 0.15) is 5.69 Å². The molecular formula is C17H21ClN2O. The molecule has 112 valence electrons. The summed E-state index contributed by atoms with van der Waals surface area (Å²) < 4.78 is 1.89. The summed E-state index contributed by atoms with van der Waals surface area (Å²) in [6.45, 7) is 8.31. The fourth-order valence-corrected chi connectivity index (χ4v) is 2.82. The number of carbonyl (C=O) groups excluding carboxylic acids is 1. The summed E-state index contributed by atoms with van der Waals surface area (Å²) in [6.07, 6.45) is 4.64. The summed E-state index contributed by atoms with van der Waals surface area (Å²) in [5, 5.41) is 5.26. The lowest BCUT2D eigenvalue weighted by Crippen LogP contribution is -2.07. The maximum Gasteiger partial charge on any atom is 0.153 e. The lowest BCUT2D eigenvalue weighted by Gasteiger charge is -2.12. The smallest absolute Gasteiger partial charge is 0.153 e. The minimum atomic E-state index is 0.308. The van der Waals surface area contributed by atoms with Crippen LogP contribution < -0.4 is 0 Å². The molecule has 0 aliphatic rings. The number of halogens is 1. The fraction of sp³-hybridized carbons (Fsp3) is 0.412. The highest BCUT2D eigenvalue weighted by Gasteiger charge is 2.17. The zero-order chi connectivity index (χ0) is 15.6. The summed E-state index contributed by atoms with van der Waals surface area (Å²) in [5.74, 6) is 0. The standard InChI is InChI=1S/C17H21ClN2O/c1-5-14(6-2)20-9-13(10-21)17(19-20)15-7-11(3)12(4)8-16(15)18/h7-10,14H,5-6H2,1-4H3. The minimum Gasteiger partial charge on any atom is -0.298 e. The number of aryl methyl sites for hydroxylation is 2. The molecule has 3 nitrogen and oxygen atoms in total. The Kier molecular flexibility index (Phi) is 4.84. The first-order valence-corrected chi connectivity index (χ1v) is 7.71. The van der Waals surface area contributed by atoms with Gasteiger partial charge in [0.15, 0.2) is 6.29 Å². The maximum absolute atomic E-state index is 11.4. The molecule has 0 saturated carbocycles. The molecule has 0 unspecified atom stereocenters. The van der Waals surface area contributed by atoms with E-state index in [4.69, 9.17) is 11.6 Å². The summed E-state index contributed by atoms with van der Waals surface area (Å²) in [5.41, 5.74) is 4.36. The van der Waals surface area contributed by atoms with Crippen molar-refractivity contribution in [2.45, 2.75) is 46.6 Å². The van der Waals surface area contributed by atoms with Crippen molar-refractivity contribution in [1.82, 2.24) is 9.78 Å². The van der Waals surface area contributed by atoms with Crippen LogP contribution in [0.5, 0.6) is 0 Å². The van der Waals surface area contributed by atoms with Crippen molar-refractivity contribution in [3.8, 4) is 11.3 Å². The van der Waals surface area contributed by atoms with Crippen molar-refractivity contribution >= 4 is 17.9 Å². The average molecular weight is 305 g/mol. The van der Waals surface area contributed by atoms with E-state index >= 15 is 0 Å². The van der Waals surface area contributed by atoms with E-state index < -0.39 is 0 Å². The SMILES string of the molecule is CCC(CC)n1cc(C=O)c(-c2cc(C)c(C)cc2Cl)n1. The van der Waals surface area contributed by atoms with Crippen molar-refractivity contribution in [2.24, 2.45) is 0 Å². The third kappa shape index (κ3) is 3.03. The first-order valence-electron chi connectivity index (χ1n) is 7.33. The van der Waals surface area contributed by atoms with E-state index in [9.17, 15) is 4.79 Å². The lowest BCUT2D eigenvalue weighted by atomic mass is 10.0. The second-order valence-corrected chi connectivity index (χ2v) is 5.82. The number of hydrogen-bond donors (Lipinski definition) is 0. The number of aromatic nitrogens is 2. The molecule has 0 saturated heterocycles. The molecule has 0 fully saturated rings. The number of rotatable bonds is 5. The van der Waals surface area contributed by atoms with Crippen LogP contribution in [0.25, 0.3) is 11.3 Å². The molecule has 0 radical (unpaired) electrons. The van der Waals surface area contributed by atoms with Gasteiger partial charge in [0.05, 0.1) is 16.6 Å². The minimum absolute atomic E-state index is 0.308. The molecular weight excluding hydrogens is 284 g/mol. The van der Waals surface area contributed by atoms with Crippen LogP contribution in [-0.4, -0.2) is 16.1 Å². The Bertz CT molecular complexity index is 657. The molecule has 1 aromatic carbocycles. The average Bonchev–Trinajstić information content (AvgIpc) is 2.88. The van der Waals surface area contributed by atoms with E-state index in [1.165, 1.54) is 0 Å². The van der Waals surface area contributed by atoms with Gasteiger partial charge in [-0.1, -0.05) is 25.4 Å². The van der Waals surface area contributed by atoms with Gasteiger partial charge in [0.2, 0.25) is 0 Å². The third-order valence-electron chi connectivity index (χ3n) is 4.04. The van der Waals surface area contributed by atoms with Crippen LogP contribution in [0.1, 0.15) is 54.2 Å². The van der Waals surface area contributed by atoms with Crippen LogP contribution >= 0.6 is 11.6 Å². The van der Waals surface area contributed by atoms with E-state index in [0.29, 0.717) is 22.3 Å². The third-order valence-corrected chi connectivity index (χ3v) is 4.36. The molecule has 0 atom stereocenters. The molecule has 0 aliphatic heterocycles. The number of nitrogens with zero attached hydrogens (tertiary/aromatic N) is 2. The summed E-state index contributed by atoms with van der Waals surface area (Å²) in [4.78, 5) is 11.4. The van der Waals surface area contributed by atoms with Crippen molar-refractivity contribution in [3.63, 3.8) is 0 Å². The van der Waals surface area contributed by atoms with Gasteiger partial charge in [-0.15, -0.1) is 0 Å². The van der Waals surface area contributed by atoms with E-state index in [0.717, 1.165) is 35.8 Å². The van der Waals surface area contributed by atoms with Gasteiger partial charge in [0, 0.05) is 11.8 Å². The topological polar surface area (TPSA) is 34.9 Å². The Labute approximate surface area is 130 Å².